The van der Waals surface area contributed by atoms with Crippen LogP contribution in [0.4, 0.5) is 0 Å². The summed E-state index contributed by atoms with van der Waals surface area (Å²) in [5, 5.41) is 3.70. The van der Waals surface area contributed by atoms with Gasteiger partial charge >= 0.3 is 0 Å². The summed E-state index contributed by atoms with van der Waals surface area (Å²) in [6.07, 6.45) is 4.41. The fourth-order valence-corrected chi connectivity index (χ4v) is 3.02. The van der Waals surface area contributed by atoms with Crippen LogP contribution in [0.1, 0.15) is 33.1 Å². The van der Waals surface area contributed by atoms with Crippen LogP contribution in [0.5, 0.6) is 0 Å². The number of likely N-dealkylation sites (N-methyl/N-ethyl adjacent to an activating group) is 1. The number of fused-ring (bicyclic) bond motifs is 1. The zero-order chi connectivity index (χ0) is 10.1. The van der Waals surface area contributed by atoms with Crippen LogP contribution in [0.25, 0.3) is 0 Å². The fraction of sp³-hybridized carbons (Fsp3) is 1.00. The standard InChI is InChI=1S/C12H24N2/c1-9(2)14(3)8-12-11-6-4-5-10(11)7-13-12/h9-13H,4-8H2,1-3H3. The molecule has 1 saturated carbocycles. The Bertz CT molecular complexity index is 191. The molecule has 1 N–H and O–H groups in total. The number of nitrogens with zero attached hydrogens (tertiary/aromatic N) is 1. The molecule has 2 heteroatoms. The van der Waals surface area contributed by atoms with Crippen LogP contribution in [0, 0.1) is 11.8 Å². The van der Waals surface area contributed by atoms with Crippen LogP contribution >= 0.6 is 0 Å². The first-order valence-electron chi connectivity index (χ1n) is 6.12. The number of hydrogen-bond donors (Lipinski definition) is 1. The van der Waals surface area contributed by atoms with E-state index in [4.69, 9.17) is 0 Å². The summed E-state index contributed by atoms with van der Waals surface area (Å²) in [4.78, 5) is 2.47. The van der Waals surface area contributed by atoms with Crippen molar-refractivity contribution in [3.63, 3.8) is 0 Å². The molecule has 1 aliphatic heterocycles. The topological polar surface area (TPSA) is 15.3 Å². The van der Waals surface area contributed by atoms with Gasteiger partial charge in [0.2, 0.25) is 0 Å². The van der Waals surface area contributed by atoms with Gasteiger partial charge in [-0.1, -0.05) is 6.42 Å². The molecule has 0 bridgehead atoms. The maximum atomic E-state index is 3.70. The quantitative estimate of drug-likeness (QED) is 0.739. The molecule has 0 aromatic rings. The Morgan fingerprint density at radius 1 is 1.36 bits per heavy atom. The van der Waals surface area contributed by atoms with Gasteiger partial charge < -0.3 is 10.2 Å². The SMILES string of the molecule is CC(C)N(C)CC1NCC2CCCC21. The Morgan fingerprint density at radius 2 is 2.14 bits per heavy atom. The van der Waals surface area contributed by atoms with Gasteiger partial charge in [-0.25, -0.2) is 0 Å². The molecule has 3 unspecified atom stereocenters. The van der Waals surface area contributed by atoms with E-state index in [0.717, 1.165) is 17.9 Å². The van der Waals surface area contributed by atoms with Crippen molar-refractivity contribution < 1.29 is 0 Å². The van der Waals surface area contributed by atoms with Gasteiger partial charge in [0, 0.05) is 18.6 Å². The summed E-state index contributed by atoms with van der Waals surface area (Å²) in [6.45, 7) is 7.07. The Labute approximate surface area is 88.1 Å². The van der Waals surface area contributed by atoms with Crippen LogP contribution in [0.15, 0.2) is 0 Å². The molecule has 14 heavy (non-hydrogen) atoms. The third kappa shape index (κ3) is 1.96. The zero-order valence-corrected chi connectivity index (χ0v) is 9.79. The second-order valence-corrected chi connectivity index (χ2v) is 5.40. The number of rotatable bonds is 3. The maximum absolute atomic E-state index is 3.70. The van der Waals surface area contributed by atoms with Crippen molar-refractivity contribution in [1.29, 1.82) is 0 Å². The van der Waals surface area contributed by atoms with Gasteiger partial charge in [-0.15, -0.1) is 0 Å². The lowest BCUT2D eigenvalue weighted by Crippen LogP contribution is -2.41. The van der Waals surface area contributed by atoms with Crippen molar-refractivity contribution in [1.82, 2.24) is 10.2 Å². The van der Waals surface area contributed by atoms with E-state index in [1.165, 1.54) is 32.4 Å². The summed E-state index contributed by atoms with van der Waals surface area (Å²) in [7, 11) is 2.24. The van der Waals surface area contributed by atoms with Crippen molar-refractivity contribution in [3.05, 3.63) is 0 Å². The summed E-state index contributed by atoms with van der Waals surface area (Å²) >= 11 is 0. The third-order valence-electron chi connectivity index (χ3n) is 4.24. The number of nitrogens with one attached hydrogen (secondary N) is 1. The largest absolute Gasteiger partial charge is 0.312 e. The van der Waals surface area contributed by atoms with Gasteiger partial charge in [-0.05, 0) is 52.1 Å². The normalized spacial score (nSPS) is 37.1. The second-order valence-electron chi connectivity index (χ2n) is 5.40. The van der Waals surface area contributed by atoms with E-state index in [2.05, 4.69) is 31.1 Å². The summed E-state index contributed by atoms with van der Waals surface area (Å²) in [5.74, 6) is 1.98. The van der Waals surface area contributed by atoms with E-state index < -0.39 is 0 Å². The van der Waals surface area contributed by atoms with E-state index in [9.17, 15) is 0 Å². The Morgan fingerprint density at radius 3 is 2.86 bits per heavy atom. The molecule has 2 aliphatic rings. The van der Waals surface area contributed by atoms with E-state index >= 15 is 0 Å². The summed E-state index contributed by atoms with van der Waals surface area (Å²) < 4.78 is 0. The minimum atomic E-state index is 0.678. The molecule has 0 radical (unpaired) electrons. The highest BCUT2D eigenvalue weighted by Crippen LogP contribution is 2.37. The van der Waals surface area contributed by atoms with Crippen molar-refractivity contribution >= 4 is 0 Å². The molecular formula is C12H24N2. The highest BCUT2D eigenvalue weighted by Gasteiger charge is 2.39. The van der Waals surface area contributed by atoms with E-state index in [1.807, 2.05) is 0 Å². The minimum Gasteiger partial charge on any atom is -0.312 e. The molecule has 82 valence electrons. The molecule has 1 aliphatic carbocycles. The molecule has 0 amide bonds. The predicted molar refractivity (Wildman–Crippen MR) is 60.4 cm³/mol. The predicted octanol–water partition coefficient (Wildman–Crippen LogP) is 1.71. The Kier molecular flexibility index (Phi) is 3.13. The molecule has 0 aromatic carbocycles. The van der Waals surface area contributed by atoms with Crippen LogP contribution in [-0.4, -0.2) is 37.1 Å². The summed E-state index contributed by atoms with van der Waals surface area (Å²) in [6, 6.07) is 1.45. The van der Waals surface area contributed by atoms with Crippen LogP contribution < -0.4 is 5.32 Å². The van der Waals surface area contributed by atoms with Gasteiger partial charge in [0.15, 0.2) is 0 Å². The molecule has 0 aromatic heterocycles. The molecule has 2 nitrogen and oxygen atoms in total. The molecule has 2 fully saturated rings. The number of hydrogen-bond acceptors (Lipinski definition) is 2. The van der Waals surface area contributed by atoms with Crippen molar-refractivity contribution in [2.75, 3.05) is 20.1 Å². The van der Waals surface area contributed by atoms with E-state index in [0.29, 0.717) is 6.04 Å². The molecule has 2 rings (SSSR count). The van der Waals surface area contributed by atoms with Crippen LogP contribution in [-0.2, 0) is 0 Å². The molecule has 1 saturated heterocycles. The smallest absolute Gasteiger partial charge is 0.0226 e. The Balaban J connectivity index is 1.86. The first-order chi connectivity index (χ1) is 6.68. The van der Waals surface area contributed by atoms with E-state index in [-0.39, 0.29) is 0 Å². The van der Waals surface area contributed by atoms with Crippen molar-refractivity contribution in [3.8, 4) is 0 Å². The zero-order valence-electron chi connectivity index (χ0n) is 9.79. The van der Waals surface area contributed by atoms with Crippen molar-refractivity contribution in [2.45, 2.75) is 45.2 Å². The maximum Gasteiger partial charge on any atom is 0.0226 e. The highest BCUT2D eigenvalue weighted by molar-refractivity contribution is 4.95. The molecular weight excluding hydrogens is 172 g/mol. The lowest BCUT2D eigenvalue weighted by Gasteiger charge is -2.27. The first-order valence-corrected chi connectivity index (χ1v) is 6.12. The Hall–Kier alpha value is -0.0800. The fourth-order valence-electron chi connectivity index (χ4n) is 3.02. The van der Waals surface area contributed by atoms with E-state index in [1.54, 1.807) is 0 Å². The summed E-state index contributed by atoms with van der Waals surface area (Å²) in [5.41, 5.74) is 0. The second kappa shape index (κ2) is 4.19. The molecule has 0 spiro atoms. The molecule has 1 heterocycles. The third-order valence-corrected chi connectivity index (χ3v) is 4.24. The van der Waals surface area contributed by atoms with Crippen LogP contribution in [0.2, 0.25) is 0 Å². The lowest BCUT2D eigenvalue weighted by molar-refractivity contribution is 0.225. The van der Waals surface area contributed by atoms with Gasteiger partial charge in [0.05, 0.1) is 0 Å². The minimum absolute atomic E-state index is 0.678. The van der Waals surface area contributed by atoms with Gasteiger partial charge in [0.25, 0.3) is 0 Å². The average molecular weight is 196 g/mol. The average Bonchev–Trinajstić information content (AvgIpc) is 2.69. The first kappa shape index (κ1) is 10.4. The highest BCUT2D eigenvalue weighted by atomic mass is 15.2. The lowest BCUT2D eigenvalue weighted by atomic mass is 9.94. The van der Waals surface area contributed by atoms with Crippen LogP contribution in [0.3, 0.4) is 0 Å². The van der Waals surface area contributed by atoms with Gasteiger partial charge in [-0.3, -0.25) is 0 Å². The monoisotopic (exact) mass is 196 g/mol. The van der Waals surface area contributed by atoms with Gasteiger partial charge in [-0.2, -0.15) is 0 Å². The van der Waals surface area contributed by atoms with Crippen molar-refractivity contribution in [2.24, 2.45) is 11.8 Å². The van der Waals surface area contributed by atoms with Gasteiger partial charge in [0.1, 0.15) is 0 Å². The molecule has 3 atom stereocenters.